The Balaban J connectivity index is 1.28. The summed E-state index contributed by atoms with van der Waals surface area (Å²) in [6.45, 7) is 4.71. The minimum atomic E-state index is -0.0536. The van der Waals surface area contributed by atoms with Gasteiger partial charge in [-0.25, -0.2) is 4.98 Å². The van der Waals surface area contributed by atoms with Crippen molar-refractivity contribution in [1.82, 2.24) is 9.88 Å². The Hall–Kier alpha value is -2.06. The lowest BCUT2D eigenvalue weighted by Crippen LogP contribution is -2.37. The first-order valence-corrected chi connectivity index (χ1v) is 11.7. The first-order valence-electron chi connectivity index (χ1n) is 10.0. The van der Waals surface area contributed by atoms with E-state index in [0.717, 1.165) is 65.7 Å². The van der Waals surface area contributed by atoms with Crippen LogP contribution in [0.25, 0.3) is 10.6 Å². The Bertz CT molecular complexity index is 984. The predicted molar refractivity (Wildman–Crippen MR) is 125 cm³/mol. The maximum Gasteiger partial charge on any atom is 0.230 e. The molecule has 1 saturated heterocycles. The molecule has 1 fully saturated rings. The van der Waals surface area contributed by atoms with Crippen molar-refractivity contribution in [2.24, 2.45) is 0 Å². The molecule has 0 saturated carbocycles. The van der Waals surface area contributed by atoms with E-state index in [0.29, 0.717) is 0 Å². The summed E-state index contributed by atoms with van der Waals surface area (Å²) in [6.07, 6.45) is 1.27. The molecule has 0 bridgehead atoms. The number of thiazole rings is 1. The lowest BCUT2D eigenvalue weighted by Gasteiger charge is -2.26. The maximum absolute atomic E-state index is 12.4. The quantitative estimate of drug-likeness (QED) is 0.529. The van der Waals surface area contributed by atoms with Crippen LogP contribution in [-0.2, 0) is 22.4 Å². The molecule has 1 amide bonds. The van der Waals surface area contributed by atoms with Crippen molar-refractivity contribution in [2.75, 3.05) is 38.2 Å². The Kier molecular flexibility index (Phi) is 7.28. The van der Waals surface area contributed by atoms with E-state index >= 15 is 0 Å². The highest BCUT2D eigenvalue weighted by molar-refractivity contribution is 9.10. The number of ether oxygens (including phenoxy) is 1. The number of nitrogens with zero attached hydrogens (tertiary/aromatic N) is 2. The number of rotatable bonds is 7. The minimum Gasteiger partial charge on any atom is -0.379 e. The van der Waals surface area contributed by atoms with Crippen LogP contribution >= 0.6 is 27.3 Å². The zero-order chi connectivity index (χ0) is 20.8. The van der Waals surface area contributed by atoms with Gasteiger partial charge in [0.05, 0.1) is 25.3 Å². The second kappa shape index (κ2) is 10.3. The number of benzene rings is 2. The van der Waals surface area contributed by atoms with Gasteiger partial charge in [0.15, 0.2) is 0 Å². The fourth-order valence-corrected chi connectivity index (χ4v) is 4.59. The third kappa shape index (κ3) is 5.98. The third-order valence-corrected chi connectivity index (χ3v) is 6.46. The van der Waals surface area contributed by atoms with Crippen molar-refractivity contribution >= 4 is 38.9 Å². The number of halogens is 1. The normalized spacial score (nSPS) is 14.6. The number of carbonyl (C=O) groups is 1. The number of aromatic nitrogens is 1. The molecule has 3 aromatic rings. The summed E-state index contributed by atoms with van der Waals surface area (Å²) in [4.78, 5) is 19.5. The summed E-state index contributed by atoms with van der Waals surface area (Å²) in [7, 11) is 0. The average Bonchev–Trinajstić information content (AvgIpc) is 3.22. The monoisotopic (exact) mass is 485 g/mol. The van der Waals surface area contributed by atoms with Gasteiger partial charge in [0, 0.05) is 40.7 Å². The van der Waals surface area contributed by atoms with Gasteiger partial charge in [0.1, 0.15) is 5.01 Å². The van der Waals surface area contributed by atoms with E-state index in [-0.39, 0.29) is 12.3 Å². The van der Waals surface area contributed by atoms with Gasteiger partial charge in [-0.15, -0.1) is 11.3 Å². The molecule has 1 aliphatic heterocycles. The van der Waals surface area contributed by atoms with Crippen LogP contribution in [-0.4, -0.2) is 48.6 Å². The molecule has 0 aliphatic carbocycles. The number of hydrogen-bond acceptors (Lipinski definition) is 5. The second-order valence-electron chi connectivity index (χ2n) is 7.28. The van der Waals surface area contributed by atoms with Crippen molar-refractivity contribution in [2.45, 2.75) is 12.8 Å². The van der Waals surface area contributed by atoms with Gasteiger partial charge >= 0.3 is 0 Å². The Morgan fingerprint density at radius 1 is 1.17 bits per heavy atom. The average molecular weight is 486 g/mol. The predicted octanol–water partition coefficient (Wildman–Crippen LogP) is 4.63. The van der Waals surface area contributed by atoms with Crippen LogP contribution in [0.5, 0.6) is 0 Å². The first kappa shape index (κ1) is 21.2. The highest BCUT2D eigenvalue weighted by Crippen LogP contribution is 2.26. The van der Waals surface area contributed by atoms with E-state index in [9.17, 15) is 4.79 Å². The highest BCUT2D eigenvalue weighted by atomic mass is 79.9. The largest absolute Gasteiger partial charge is 0.379 e. The summed E-state index contributed by atoms with van der Waals surface area (Å²) in [5.74, 6) is -0.0536. The van der Waals surface area contributed by atoms with Gasteiger partial charge < -0.3 is 10.1 Å². The number of amides is 1. The molecule has 0 atom stereocenters. The van der Waals surface area contributed by atoms with Gasteiger partial charge in [0.2, 0.25) is 5.91 Å². The van der Waals surface area contributed by atoms with Crippen molar-refractivity contribution < 1.29 is 9.53 Å². The molecule has 2 aromatic carbocycles. The van der Waals surface area contributed by atoms with E-state index in [2.05, 4.69) is 43.3 Å². The second-order valence-corrected chi connectivity index (χ2v) is 9.05. The Labute approximate surface area is 189 Å². The first-order chi connectivity index (χ1) is 14.7. The fourth-order valence-electron chi connectivity index (χ4n) is 3.38. The van der Waals surface area contributed by atoms with Crippen molar-refractivity contribution in [1.29, 1.82) is 0 Å². The molecule has 0 spiro atoms. The van der Waals surface area contributed by atoms with Crippen LogP contribution in [0, 0.1) is 0 Å². The summed E-state index contributed by atoms with van der Waals surface area (Å²) in [5.41, 5.74) is 3.93. The molecule has 4 rings (SSSR count). The van der Waals surface area contributed by atoms with E-state index in [4.69, 9.17) is 4.74 Å². The molecule has 5 nitrogen and oxygen atoms in total. The van der Waals surface area contributed by atoms with Crippen molar-refractivity contribution in [3.63, 3.8) is 0 Å². The van der Waals surface area contributed by atoms with Crippen LogP contribution in [0.1, 0.15) is 11.3 Å². The van der Waals surface area contributed by atoms with Gasteiger partial charge in [0.25, 0.3) is 0 Å². The molecule has 156 valence electrons. The SMILES string of the molecule is O=C(Cc1csc(-c2cccc(Br)c2)n1)Nc1ccc(CCN2CCOCC2)cc1. The number of anilines is 1. The van der Waals surface area contributed by atoms with Crippen LogP contribution < -0.4 is 5.32 Å². The van der Waals surface area contributed by atoms with Crippen LogP contribution in [0.3, 0.4) is 0 Å². The van der Waals surface area contributed by atoms with E-state index in [1.54, 1.807) is 11.3 Å². The maximum atomic E-state index is 12.4. The lowest BCUT2D eigenvalue weighted by atomic mass is 10.1. The van der Waals surface area contributed by atoms with Crippen molar-refractivity contribution in [3.05, 3.63) is 69.6 Å². The van der Waals surface area contributed by atoms with Gasteiger partial charge in [-0.1, -0.05) is 40.2 Å². The van der Waals surface area contributed by atoms with E-state index < -0.39 is 0 Å². The molecular formula is C23H24BrN3O2S. The molecule has 0 radical (unpaired) electrons. The molecule has 2 heterocycles. The molecule has 1 aliphatic rings. The standard InChI is InChI=1S/C23H24BrN3O2S/c24-19-3-1-2-18(14-19)23-26-21(16-30-23)15-22(28)25-20-6-4-17(5-7-20)8-9-27-10-12-29-13-11-27/h1-7,14,16H,8-13,15H2,(H,25,28). The van der Waals surface area contributed by atoms with E-state index in [1.165, 1.54) is 5.56 Å². The van der Waals surface area contributed by atoms with Crippen LogP contribution in [0.4, 0.5) is 5.69 Å². The van der Waals surface area contributed by atoms with Gasteiger partial charge in [-0.05, 0) is 36.2 Å². The van der Waals surface area contributed by atoms with Crippen molar-refractivity contribution in [3.8, 4) is 10.6 Å². The van der Waals surface area contributed by atoms with Crippen LogP contribution in [0.2, 0.25) is 0 Å². The minimum absolute atomic E-state index is 0.0536. The van der Waals surface area contributed by atoms with Crippen LogP contribution in [0.15, 0.2) is 58.4 Å². The summed E-state index contributed by atoms with van der Waals surface area (Å²) >= 11 is 5.04. The van der Waals surface area contributed by atoms with Gasteiger partial charge in [-0.2, -0.15) is 0 Å². The number of nitrogens with one attached hydrogen (secondary N) is 1. The Morgan fingerprint density at radius 2 is 1.97 bits per heavy atom. The highest BCUT2D eigenvalue weighted by Gasteiger charge is 2.11. The van der Waals surface area contributed by atoms with Gasteiger partial charge in [-0.3, -0.25) is 9.69 Å². The zero-order valence-electron chi connectivity index (χ0n) is 16.6. The molecule has 1 N–H and O–H groups in total. The Morgan fingerprint density at radius 3 is 2.73 bits per heavy atom. The molecule has 0 unspecified atom stereocenters. The molecule has 1 aromatic heterocycles. The number of hydrogen-bond donors (Lipinski definition) is 1. The van der Waals surface area contributed by atoms with E-state index in [1.807, 2.05) is 41.8 Å². The topological polar surface area (TPSA) is 54.5 Å². The summed E-state index contributed by atoms with van der Waals surface area (Å²) in [5, 5.41) is 5.84. The number of morpholine rings is 1. The summed E-state index contributed by atoms with van der Waals surface area (Å²) in [6, 6.07) is 16.1. The summed E-state index contributed by atoms with van der Waals surface area (Å²) < 4.78 is 6.40. The lowest BCUT2D eigenvalue weighted by molar-refractivity contribution is -0.115. The molecule has 30 heavy (non-hydrogen) atoms. The third-order valence-electron chi connectivity index (χ3n) is 5.02. The zero-order valence-corrected chi connectivity index (χ0v) is 19.0. The molecular weight excluding hydrogens is 462 g/mol. The smallest absolute Gasteiger partial charge is 0.230 e. The fraction of sp³-hybridized carbons (Fsp3) is 0.304. The molecule has 7 heteroatoms. The number of carbonyl (C=O) groups excluding carboxylic acids is 1.